The number of hydrogen-bond donors (Lipinski definition) is 2. The van der Waals surface area contributed by atoms with Gasteiger partial charge in [-0.3, -0.25) is 4.99 Å². The van der Waals surface area contributed by atoms with E-state index in [1.54, 1.807) is 25.7 Å². The summed E-state index contributed by atoms with van der Waals surface area (Å²) < 4.78 is 4.91. The van der Waals surface area contributed by atoms with Gasteiger partial charge in [0.1, 0.15) is 0 Å². The van der Waals surface area contributed by atoms with Crippen molar-refractivity contribution in [3.05, 3.63) is 41.0 Å². The summed E-state index contributed by atoms with van der Waals surface area (Å²) in [5.74, 6) is 2.79. The average molecular weight is 468 g/mol. The lowest BCUT2D eigenvalue weighted by molar-refractivity contribution is 0.387. The van der Waals surface area contributed by atoms with Crippen molar-refractivity contribution >= 4 is 53.3 Å². The van der Waals surface area contributed by atoms with Gasteiger partial charge in [0.2, 0.25) is 5.89 Å². The highest BCUT2D eigenvalue weighted by molar-refractivity contribution is 14.0. The zero-order chi connectivity index (χ0) is 15.8. The number of nitrogens with zero attached hydrogens (tertiary/aromatic N) is 3. The molecule has 126 valence electrons. The maximum Gasteiger partial charge on any atom is 0.223 e. The van der Waals surface area contributed by atoms with E-state index in [-0.39, 0.29) is 24.0 Å². The number of aromatic nitrogens is 2. The van der Waals surface area contributed by atoms with Crippen LogP contribution in [0.1, 0.15) is 11.7 Å². The van der Waals surface area contributed by atoms with Gasteiger partial charge < -0.3 is 15.2 Å². The molecule has 0 saturated carbocycles. The van der Waals surface area contributed by atoms with Gasteiger partial charge in [0.25, 0.3) is 0 Å². The molecule has 6 nitrogen and oxygen atoms in total. The van der Waals surface area contributed by atoms with E-state index in [0.717, 1.165) is 17.3 Å². The van der Waals surface area contributed by atoms with Gasteiger partial charge in [-0.25, -0.2) is 0 Å². The molecule has 23 heavy (non-hydrogen) atoms. The lowest BCUT2D eigenvalue weighted by Crippen LogP contribution is -2.38. The molecule has 0 aliphatic rings. The molecule has 2 aromatic rings. The Morgan fingerprint density at radius 1 is 1.30 bits per heavy atom. The zero-order valence-electron chi connectivity index (χ0n) is 12.9. The fourth-order valence-corrected chi connectivity index (χ4v) is 2.56. The zero-order valence-corrected chi connectivity index (χ0v) is 16.8. The first-order valence-electron chi connectivity index (χ1n) is 6.79. The molecule has 2 rings (SSSR count). The molecule has 1 aromatic carbocycles. The minimum atomic E-state index is 0. The minimum absolute atomic E-state index is 0. The molecular weight excluding hydrogens is 449 g/mol. The highest BCUT2D eigenvalue weighted by Gasteiger charge is 2.03. The van der Waals surface area contributed by atoms with Crippen molar-refractivity contribution in [1.82, 2.24) is 20.8 Å². The first-order chi connectivity index (χ1) is 10.7. The molecule has 0 radical (unpaired) electrons. The molecule has 0 amide bonds. The second-order valence-electron chi connectivity index (χ2n) is 4.38. The minimum Gasteiger partial charge on any atom is -0.356 e. The second-order valence-corrected chi connectivity index (χ2v) is 5.99. The van der Waals surface area contributed by atoms with Crippen LogP contribution in [0.2, 0.25) is 5.02 Å². The van der Waals surface area contributed by atoms with Crippen LogP contribution in [-0.4, -0.2) is 35.4 Å². The summed E-state index contributed by atoms with van der Waals surface area (Å²) in [5.41, 5.74) is 0. The third-order valence-electron chi connectivity index (χ3n) is 2.68. The summed E-state index contributed by atoms with van der Waals surface area (Å²) in [6, 6.07) is 7.81. The van der Waals surface area contributed by atoms with Crippen LogP contribution in [0.25, 0.3) is 0 Å². The fourth-order valence-electron chi connectivity index (χ4n) is 1.67. The van der Waals surface area contributed by atoms with Gasteiger partial charge in [0.05, 0.1) is 6.54 Å². The summed E-state index contributed by atoms with van der Waals surface area (Å²) in [4.78, 5) is 9.46. The van der Waals surface area contributed by atoms with Crippen LogP contribution in [0.4, 0.5) is 0 Å². The summed E-state index contributed by atoms with van der Waals surface area (Å²) in [6.07, 6.45) is 0. The van der Waals surface area contributed by atoms with Gasteiger partial charge in [-0.05, 0) is 24.3 Å². The van der Waals surface area contributed by atoms with Crippen molar-refractivity contribution < 1.29 is 4.52 Å². The Balaban J connectivity index is 0.00000264. The third kappa shape index (κ3) is 7.40. The number of halogens is 2. The third-order valence-corrected chi connectivity index (χ3v) is 3.95. The van der Waals surface area contributed by atoms with Crippen molar-refractivity contribution in [2.45, 2.75) is 18.4 Å². The number of rotatable bonds is 6. The van der Waals surface area contributed by atoms with Gasteiger partial charge in [-0.15, -0.1) is 35.7 Å². The number of hydrogen-bond acceptors (Lipinski definition) is 5. The van der Waals surface area contributed by atoms with E-state index in [1.165, 1.54) is 4.90 Å². The topological polar surface area (TPSA) is 75.3 Å². The van der Waals surface area contributed by atoms with Crippen molar-refractivity contribution in [1.29, 1.82) is 0 Å². The molecule has 0 atom stereocenters. The fraction of sp³-hybridized carbons (Fsp3) is 0.357. The number of guanidine groups is 1. The van der Waals surface area contributed by atoms with E-state index >= 15 is 0 Å². The SMILES string of the molecule is CN=C(NCCSc1ccc(Cl)cc1)NCc1noc(C)n1.I. The van der Waals surface area contributed by atoms with Gasteiger partial charge >= 0.3 is 0 Å². The maximum atomic E-state index is 5.86. The van der Waals surface area contributed by atoms with Gasteiger partial charge in [-0.2, -0.15) is 4.98 Å². The smallest absolute Gasteiger partial charge is 0.223 e. The van der Waals surface area contributed by atoms with Gasteiger partial charge in [0.15, 0.2) is 11.8 Å². The van der Waals surface area contributed by atoms with Crippen LogP contribution in [0, 0.1) is 6.92 Å². The number of nitrogens with one attached hydrogen (secondary N) is 2. The Labute approximate surface area is 161 Å². The lowest BCUT2D eigenvalue weighted by Gasteiger charge is -2.10. The van der Waals surface area contributed by atoms with Crippen molar-refractivity contribution in [2.75, 3.05) is 19.3 Å². The Kier molecular flexibility index (Phi) is 9.34. The molecule has 0 saturated heterocycles. The van der Waals surface area contributed by atoms with Crippen molar-refractivity contribution in [3.8, 4) is 0 Å². The Hall–Kier alpha value is -1.000. The van der Waals surface area contributed by atoms with E-state index < -0.39 is 0 Å². The largest absolute Gasteiger partial charge is 0.356 e. The quantitative estimate of drug-likeness (QED) is 0.224. The van der Waals surface area contributed by atoms with E-state index in [4.69, 9.17) is 16.1 Å². The Bertz CT molecular complexity index is 620. The Morgan fingerprint density at radius 2 is 2.04 bits per heavy atom. The molecule has 0 aliphatic heterocycles. The number of aryl methyl sites for hydroxylation is 1. The van der Waals surface area contributed by atoms with Crippen LogP contribution in [0.3, 0.4) is 0 Å². The van der Waals surface area contributed by atoms with E-state index in [0.29, 0.717) is 24.2 Å². The van der Waals surface area contributed by atoms with Crippen LogP contribution in [-0.2, 0) is 6.54 Å². The van der Waals surface area contributed by atoms with Gasteiger partial charge in [-0.1, -0.05) is 16.8 Å². The number of aliphatic imine (C=N–C) groups is 1. The van der Waals surface area contributed by atoms with Gasteiger partial charge in [0, 0.05) is 36.2 Å². The molecule has 0 unspecified atom stereocenters. The molecular formula is C14H19ClIN5OS. The number of thioether (sulfide) groups is 1. The number of benzene rings is 1. The van der Waals surface area contributed by atoms with E-state index in [9.17, 15) is 0 Å². The summed E-state index contributed by atoms with van der Waals surface area (Å²) in [5, 5.41) is 10.9. The normalized spacial score (nSPS) is 11.0. The van der Waals surface area contributed by atoms with Crippen LogP contribution >= 0.6 is 47.3 Å². The molecule has 1 aromatic heterocycles. The van der Waals surface area contributed by atoms with Crippen molar-refractivity contribution in [2.24, 2.45) is 4.99 Å². The average Bonchev–Trinajstić information content (AvgIpc) is 2.94. The van der Waals surface area contributed by atoms with E-state index in [1.807, 2.05) is 24.3 Å². The maximum absolute atomic E-state index is 5.86. The monoisotopic (exact) mass is 467 g/mol. The first-order valence-corrected chi connectivity index (χ1v) is 8.16. The summed E-state index contributed by atoms with van der Waals surface area (Å²) in [7, 11) is 1.73. The summed E-state index contributed by atoms with van der Waals surface area (Å²) >= 11 is 7.61. The molecule has 1 heterocycles. The highest BCUT2D eigenvalue weighted by Crippen LogP contribution is 2.19. The second kappa shape index (κ2) is 10.7. The molecule has 0 aliphatic carbocycles. The molecule has 9 heteroatoms. The molecule has 2 N–H and O–H groups in total. The Morgan fingerprint density at radius 3 is 2.65 bits per heavy atom. The molecule has 0 fully saturated rings. The molecule has 0 spiro atoms. The van der Waals surface area contributed by atoms with Crippen molar-refractivity contribution in [3.63, 3.8) is 0 Å². The molecule has 0 bridgehead atoms. The standard InChI is InChI=1S/C14H18ClN5OS.HI/c1-10-19-13(20-21-10)9-18-14(16-2)17-7-8-22-12-5-3-11(15)4-6-12;/h3-6H,7-9H2,1-2H3,(H2,16,17,18);1H. The van der Waals surface area contributed by atoms with Crippen LogP contribution in [0.5, 0.6) is 0 Å². The summed E-state index contributed by atoms with van der Waals surface area (Å²) in [6.45, 7) is 3.02. The predicted octanol–water partition coefficient (Wildman–Crippen LogP) is 3.11. The highest BCUT2D eigenvalue weighted by atomic mass is 127. The van der Waals surface area contributed by atoms with Crippen LogP contribution in [0.15, 0.2) is 38.7 Å². The predicted molar refractivity (Wildman–Crippen MR) is 105 cm³/mol. The van der Waals surface area contributed by atoms with Crippen LogP contribution < -0.4 is 10.6 Å². The van der Waals surface area contributed by atoms with E-state index in [2.05, 4.69) is 25.8 Å². The first kappa shape index (κ1) is 20.0. The lowest BCUT2D eigenvalue weighted by atomic mass is 10.4.